The summed E-state index contributed by atoms with van der Waals surface area (Å²) in [5.74, 6) is 0. The van der Waals surface area contributed by atoms with Crippen LogP contribution in [-0.4, -0.2) is 9.97 Å². The van der Waals surface area contributed by atoms with E-state index in [0.29, 0.717) is 5.71 Å². The van der Waals surface area contributed by atoms with Crippen molar-refractivity contribution in [1.29, 1.82) is 0 Å². The molecule has 4 aromatic heterocycles. The molecule has 268 valence electrons. The number of pyridine rings is 2. The number of para-hydroxylation sites is 2. The Labute approximate surface area is 328 Å². The summed E-state index contributed by atoms with van der Waals surface area (Å²) in [5, 5.41) is 3.09. The fourth-order valence-electron chi connectivity index (χ4n) is 8.11. The maximum atomic E-state index is 6.35. The van der Waals surface area contributed by atoms with E-state index < -0.39 is 0 Å². The largest absolute Gasteiger partial charge is 0.454 e. The van der Waals surface area contributed by atoms with Crippen molar-refractivity contribution in [2.75, 3.05) is 4.90 Å². The Morgan fingerprint density at radius 2 is 0.860 bits per heavy atom. The van der Waals surface area contributed by atoms with Gasteiger partial charge in [-0.2, -0.15) is 0 Å². The molecule has 0 atom stereocenters. The number of rotatable bonds is 7. The Kier molecular flexibility index (Phi) is 7.74. The Balaban J connectivity index is 1.00. The zero-order chi connectivity index (χ0) is 37.7. The van der Waals surface area contributed by atoms with Crippen molar-refractivity contribution in [3.05, 3.63) is 200 Å². The van der Waals surface area contributed by atoms with Crippen molar-refractivity contribution >= 4 is 61.2 Å². The lowest BCUT2D eigenvalue weighted by Gasteiger charge is -2.26. The molecule has 11 aromatic rings. The quantitative estimate of drug-likeness (QED) is 0.163. The van der Waals surface area contributed by atoms with Gasteiger partial charge in [0.15, 0.2) is 5.58 Å². The Morgan fingerprint density at radius 1 is 0.333 bits per heavy atom. The van der Waals surface area contributed by atoms with Gasteiger partial charge in [-0.25, -0.2) is 4.98 Å². The van der Waals surface area contributed by atoms with Crippen LogP contribution in [0.3, 0.4) is 0 Å². The fraction of sp³-hybridized carbons (Fsp3) is 0. The zero-order valence-electron chi connectivity index (χ0n) is 30.7. The monoisotopic (exact) mass is 731 g/mol. The van der Waals surface area contributed by atoms with E-state index in [9.17, 15) is 0 Å². The van der Waals surface area contributed by atoms with Crippen LogP contribution in [0, 0.1) is 0 Å². The summed E-state index contributed by atoms with van der Waals surface area (Å²) in [5.41, 5.74) is 16.0. The number of hydrogen-bond acceptors (Lipinski definition) is 5. The van der Waals surface area contributed by atoms with Crippen LogP contribution in [0.5, 0.6) is 0 Å². The third-order valence-corrected chi connectivity index (χ3v) is 10.9. The molecule has 0 amide bonds. The predicted molar refractivity (Wildman–Crippen MR) is 233 cm³/mol. The molecule has 7 aromatic carbocycles. The van der Waals surface area contributed by atoms with Crippen molar-refractivity contribution in [3.8, 4) is 44.5 Å². The smallest absolute Gasteiger partial charge is 0.227 e. The summed E-state index contributed by atoms with van der Waals surface area (Å²) in [6, 6.07) is 65.8. The summed E-state index contributed by atoms with van der Waals surface area (Å²) in [6.45, 7) is 0. The van der Waals surface area contributed by atoms with E-state index in [1.807, 2.05) is 36.5 Å². The normalized spacial score (nSPS) is 11.5. The van der Waals surface area contributed by atoms with Crippen molar-refractivity contribution < 1.29 is 8.83 Å². The van der Waals surface area contributed by atoms with Crippen LogP contribution < -0.4 is 4.90 Å². The topological polar surface area (TPSA) is 55.3 Å². The van der Waals surface area contributed by atoms with Gasteiger partial charge in [0.25, 0.3) is 0 Å². The average Bonchev–Trinajstić information content (AvgIpc) is 3.87. The molecule has 0 aliphatic carbocycles. The van der Waals surface area contributed by atoms with Gasteiger partial charge in [0.05, 0.1) is 0 Å². The van der Waals surface area contributed by atoms with Gasteiger partial charge in [0.1, 0.15) is 16.7 Å². The third kappa shape index (κ3) is 5.64. The minimum Gasteiger partial charge on any atom is -0.454 e. The molecule has 57 heavy (non-hydrogen) atoms. The highest BCUT2D eigenvalue weighted by atomic mass is 16.3. The molecule has 0 aliphatic heterocycles. The van der Waals surface area contributed by atoms with Gasteiger partial charge in [-0.15, -0.1) is 0 Å². The summed E-state index contributed by atoms with van der Waals surface area (Å²) in [4.78, 5) is 11.5. The molecule has 5 heteroatoms. The minimum atomic E-state index is 0.647. The van der Waals surface area contributed by atoms with Crippen LogP contribution in [0.25, 0.3) is 88.6 Å². The van der Waals surface area contributed by atoms with Crippen molar-refractivity contribution in [2.24, 2.45) is 0 Å². The number of benzene rings is 7. The highest BCUT2D eigenvalue weighted by Gasteiger charge is 2.18. The second kappa shape index (κ2) is 13.5. The molecule has 0 unspecified atom stereocenters. The summed E-state index contributed by atoms with van der Waals surface area (Å²) in [6.07, 6.45) is 3.63. The standard InChI is InChI=1S/C52H33N3O2/c1-2-10-34(11-3-1)41-12-4-5-13-42(41)35-19-25-38(26-20-35)55(39-27-21-36(22-28-39)43-15-8-16-45-46-17-9-32-54-52(46)57-50(43)45)40-29-23-37(24-30-40)44-31-33-53-49-47-14-6-7-18-48(47)56-51(44)49/h1-33H. The van der Waals surface area contributed by atoms with Crippen LogP contribution in [0.1, 0.15) is 0 Å². The first-order valence-corrected chi connectivity index (χ1v) is 19.1. The maximum Gasteiger partial charge on any atom is 0.227 e. The third-order valence-electron chi connectivity index (χ3n) is 10.9. The van der Waals surface area contributed by atoms with Crippen molar-refractivity contribution in [1.82, 2.24) is 9.97 Å². The van der Waals surface area contributed by atoms with E-state index in [1.165, 1.54) is 16.7 Å². The molecule has 0 radical (unpaired) electrons. The lowest BCUT2D eigenvalue weighted by Crippen LogP contribution is -2.09. The highest BCUT2D eigenvalue weighted by molar-refractivity contribution is 6.09. The fourth-order valence-corrected chi connectivity index (χ4v) is 8.11. The summed E-state index contributed by atoms with van der Waals surface area (Å²) < 4.78 is 12.6. The van der Waals surface area contributed by atoms with E-state index in [4.69, 9.17) is 8.83 Å². The van der Waals surface area contributed by atoms with Gasteiger partial charge in [0, 0.05) is 56.7 Å². The van der Waals surface area contributed by atoms with Crippen LogP contribution in [-0.2, 0) is 0 Å². The molecule has 5 nitrogen and oxygen atoms in total. The molecule has 0 spiro atoms. The van der Waals surface area contributed by atoms with Gasteiger partial charge >= 0.3 is 0 Å². The molecule has 0 N–H and O–H groups in total. The molecule has 0 aliphatic rings. The minimum absolute atomic E-state index is 0.647. The number of anilines is 3. The molecular weight excluding hydrogens is 699 g/mol. The van der Waals surface area contributed by atoms with Crippen LogP contribution in [0.4, 0.5) is 17.1 Å². The maximum absolute atomic E-state index is 6.35. The van der Waals surface area contributed by atoms with Gasteiger partial charge in [0.2, 0.25) is 5.71 Å². The van der Waals surface area contributed by atoms with Crippen LogP contribution >= 0.6 is 0 Å². The van der Waals surface area contributed by atoms with Gasteiger partial charge < -0.3 is 13.7 Å². The number of furan rings is 2. The number of fused-ring (bicyclic) bond motifs is 6. The predicted octanol–water partition coefficient (Wildman–Crippen LogP) is 14.4. The van der Waals surface area contributed by atoms with E-state index >= 15 is 0 Å². The highest BCUT2D eigenvalue weighted by Crippen LogP contribution is 2.41. The molecule has 0 fully saturated rings. The molecular formula is C52H33N3O2. The Hall–Kier alpha value is -7.76. The first-order chi connectivity index (χ1) is 28.3. The molecule has 0 saturated heterocycles. The van der Waals surface area contributed by atoms with Gasteiger partial charge in [-0.05, 0) is 100 Å². The van der Waals surface area contributed by atoms with Crippen molar-refractivity contribution in [2.45, 2.75) is 0 Å². The first-order valence-electron chi connectivity index (χ1n) is 19.1. The van der Waals surface area contributed by atoms with Crippen LogP contribution in [0.15, 0.2) is 209 Å². The lowest BCUT2D eigenvalue weighted by atomic mass is 9.94. The number of aromatic nitrogens is 2. The zero-order valence-corrected chi connectivity index (χ0v) is 30.7. The molecule has 0 bridgehead atoms. The number of nitrogens with zero attached hydrogens (tertiary/aromatic N) is 3. The van der Waals surface area contributed by atoms with Crippen LogP contribution in [0.2, 0.25) is 0 Å². The van der Waals surface area contributed by atoms with Crippen molar-refractivity contribution in [3.63, 3.8) is 0 Å². The lowest BCUT2D eigenvalue weighted by molar-refractivity contribution is 0.655. The molecule has 0 saturated carbocycles. The molecule has 4 heterocycles. The van der Waals surface area contributed by atoms with E-state index in [1.54, 1.807) is 6.20 Å². The summed E-state index contributed by atoms with van der Waals surface area (Å²) >= 11 is 0. The second-order valence-electron chi connectivity index (χ2n) is 14.2. The Morgan fingerprint density at radius 3 is 1.54 bits per heavy atom. The Bertz CT molecular complexity index is 3060. The van der Waals surface area contributed by atoms with Gasteiger partial charge in [-0.3, -0.25) is 4.98 Å². The average molecular weight is 732 g/mol. The second-order valence-corrected chi connectivity index (χ2v) is 14.2. The van der Waals surface area contributed by atoms with E-state index in [-0.39, 0.29) is 0 Å². The number of hydrogen-bond donors (Lipinski definition) is 0. The SMILES string of the molecule is c1ccc(-c2ccccc2-c2ccc(N(c3ccc(-c4cccc5c4oc4ncccc45)cc3)c3ccc(-c4ccnc5c4oc4ccccc45)cc3)cc2)cc1. The van der Waals surface area contributed by atoms with E-state index in [0.717, 1.165) is 83.3 Å². The molecule has 11 rings (SSSR count). The van der Waals surface area contributed by atoms with E-state index in [2.05, 4.69) is 173 Å². The van der Waals surface area contributed by atoms with Gasteiger partial charge in [-0.1, -0.05) is 121 Å². The first kappa shape index (κ1) is 32.7. The summed E-state index contributed by atoms with van der Waals surface area (Å²) in [7, 11) is 0.